The van der Waals surface area contributed by atoms with E-state index >= 15 is 0 Å². The monoisotopic (exact) mass is 300 g/mol. The SMILES string of the molecule is CC(C)(CO)[C@H](c1ccc(Cl)c(F)c1)N1CCNCC1. The van der Waals surface area contributed by atoms with Crippen LogP contribution in [0.4, 0.5) is 4.39 Å². The van der Waals surface area contributed by atoms with Crippen molar-refractivity contribution in [2.75, 3.05) is 32.8 Å². The Balaban J connectivity index is 2.36. The van der Waals surface area contributed by atoms with Gasteiger partial charge in [-0.2, -0.15) is 0 Å². The highest BCUT2D eigenvalue weighted by atomic mass is 35.5. The van der Waals surface area contributed by atoms with Crippen LogP contribution in [0, 0.1) is 11.2 Å². The average Bonchev–Trinajstić information content (AvgIpc) is 2.44. The number of rotatable bonds is 4. The summed E-state index contributed by atoms with van der Waals surface area (Å²) < 4.78 is 13.8. The zero-order valence-electron chi connectivity index (χ0n) is 12.0. The third kappa shape index (κ3) is 3.31. The Morgan fingerprint density at radius 1 is 1.40 bits per heavy atom. The summed E-state index contributed by atoms with van der Waals surface area (Å²) in [4.78, 5) is 2.30. The van der Waals surface area contributed by atoms with Gasteiger partial charge in [0, 0.05) is 44.2 Å². The van der Waals surface area contributed by atoms with Crippen LogP contribution in [0.1, 0.15) is 25.5 Å². The second-order valence-corrected chi connectivity index (χ2v) is 6.42. The van der Waals surface area contributed by atoms with Gasteiger partial charge in [-0.3, -0.25) is 4.90 Å². The van der Waals surface area contributed by atoms with E-state index in [-0.39, 0.29) is 23.1 Å². The molecule has 2 rings (SSSR count). The van der Waals surface area contributed by atoms with Crippen LogP contribution in [0.3, 0.4) is 0 Å². The van der Waals surface area contributed by atoms with Crippen LogP contribution < -0.4 is 5.32 Å². The van der Waals surface area contributed by atoms with E-state index < -0.39 is 5.82 Å². The molecule has 0 radical (unpaired) electrons. The minimum absolute atomic E-state index is 0.0265. The van der Waals surface area contributed by atoms with Gasteiger partial charge in [-0.05, 0) is 17.7 Å². The third-order valence-corrected chi connectivity index (χ3v) is 4.23. The Morgan fingerprint density at radius 3 is 2.60 bits per heavy atom. The molecule has 1 aliphatic heterocycles. The molecule has 0 unspecified atom stereocenters. The van der Waals surface area contributed by atoms with E-state index in [4.69, 9.17) is 11.6 Å². The average molecular weight is 301 g/mol. The summed E-state index contributed by atoms with van der Waals surface area (Å²) in [5, 5.41) is 13.2. The number of benzene rings is 1. The summed E-state index contributed by atoms with van der Waals surface area (Å²) in [5.74, 6) is -0.405. The highest BCUT2D eigenvalue weighted by Gasteiger charge is 2.35. The summed E-state index contributed by atoms with van der Waals surface area (Å²) >= 11 is 5.77. The fraction of sp³-hybridized carbons (Fsp3) is 0.600. The van der Waals surface area contributed by atoms with Gasteiger partial charge in [0.15, 0.2) is 0 Å². The first-order valence-electron chi connectivity index (χ1n) is 6.96. The van der Waals surface area contributed by atoms with Gasteiger partial charge < -0.3 is 10.4 Å². The van der Waals surface area contributed by atoms with E-state index in [0.717, 1.165) is 31.7 Å². The maximum atomic E-state index is 13.8. The molecule has 1 aromatic carbocycles. The molecule has 1 aliphatic rings. The van der Waals surface area contributed by atoms with Crippen LogP contribution in [0.25, 0.3) is 0 Å². The van der Waals surface area contributed by atoms with E-state index in [1.807, 2.05) is 19.9 Å². The molecule has 0 bridgehead atoms. The Kier molecular flexibility index (Phi) is 5.02. The molecule has 1 heterocycles. The van der Waals surface area contributed by atoms with E-state index in [0.29, 0.717) is 0 Å². The second kappa shape index (κ2) is 6.39. The lowest BCUT2D eigenvalue weighted by Crippen LogP contribution is -2.49. The molecule has 1 fully saturated rings. The molecule has 0 spiro atoms. The number of hydrogen-bond acceptors (Lipinski definition) is 3. The molecule has 0 aromatic heterocycles. The number of halogens is 2. The molecule has 0 aliphatic carbocycles. The standard InChI is InChI=1S/C15H22ClFN2O/c1-15(2,10-20)14(19-7-5-18-6-8-19)11-3-4-12(16)13(17)9-11/h3-4,9,14,18,20H,5-8,10H2,1-2H3/t14-/m0/s1. The molecular formula is C15H22ClFN2O. The van der Waals surface area contributed by atoms with E-state index in [1.165, 1.54) is 6.07 Å². The maximum Gasteiger partial charge on any atom is 0.142 e. The highest BCUT2D eigenvalue weighted by molar-refractivity contribution is 6.30. The van der Waals surface area contributed by atoms with Crippen LogP contribution in [0.15, 0.2) is 18.2 Å². The lowest BCUT2D eigenvalue weighted by Gasteiger charge is -2.43. The van der Waals surface area contributed by atoms with Crippen molar-refractivity contribution in [1.29, 1.82) is 0 Å². The van der Waals surface area contributed by atoms with Gasteiger partial charge in [-0.25, -0.2) is 4.39 Å². The highest BCUT2D eigenvalue weighted by Crippen LogP contribution is 2.39. The number of nitrogens with zero attached hydrogens (tertiary/aromatic N) is 1. The Labute approximate surface area is 124 Å². The van der Waals surface area contributed by atoms with Gasteiger partial charge >= 0.3 is 0 Å². The predicted octanol–water partition coefficient (Wildman–Crippen LogP) is 2.44. The van der Waals surface area contributed by atoms with Crippen molar-refractivity contribution in [2.45, 2.75) is 19.9 Å². The molecule has 1 saturated heterocycles. The Morgan fingerprint density at radius 2 is 2.05 bits per heavy atom. The fourth-order valence-electron chi connectivity index (χ4n) is 2.87. The van der Waals surface area contributed by atoms with E-state index in [1.54, 1.807) is 6.07 Å². The normalized spacial score (nSPS) is 19.1. The van der Waals surface area contributed by atoms with Gasteiger partial charge in [0.1, 0.15) is 5.82 Å². The van der Waals surface area contributed by atoms with Gasteiger partial charge in [-0.15, -0.1) is 0 Å². The van der Waals surface area contributed by atoms with E-state index in [9.17, 15) is 9.50 Å². The fourth-order valence-corrected chi connectivity index (χ4v) is 2.98. The number of hydrogen-bond donors (Lipinski definition) is 2. The van der Waals surface area contributed by atoms with Gasteiger partial charge in [0.25, 0.3) is 0 Å². The van der Waals surface area contributed by atoms with Crippen molar-refractivity contribution in [3.05, 3.63) is 34.6 Å². The largest absolute Gasteiger partial charge is 0.396 e. The zero-order chi connectivity index (χ0) is 14.8. The summed E-state index contributed by atoms with van der Waals surface area (Å²) in [6.07, 6.45) is 0. The summed E-state index contributed by atoms with van der Waals surface area (Å²) in [6.45, 7) is 7.66. The van der Waals surface area contributed by atoms with Crippen LogP contribution in [0.2, 0.25) is 5.02 Å². The van der Waals surface area contributed by atoms with Crippen molar-refractivity contribution in [3.8, 4) is 0 Å². The van der Waals surface area contributed by atoms with Crippen molar-refractivity contribution < 1.29 is 9.50 Å². The lowest BCUT2D eigenvalue weighted by molar-refractivity contribution is 0.0304. The Bertz CT molecular complexity index is 461. The molecular weight excluding hydrogens is 279 g/mol. The summed E-state index contributed by atoms with van der Waals surface area (Å²) in [7, 11) is 0. The third-order valence-electron chi connectivity index (χ3n) is 3.92. The number of piperazine rings is 1. The molecule has 0 saturated carbocycles. The minimum Gasteiger partial charge on any atom is -0.396 e. The van der Waals surface area contributed by atoms with Crippen LogP contribution >= 0.6 is 11.6 Å². The first kappa shape index (κ1) is 15.7. The smallest absolute Gasteiger partial charge is 0.142 e. The van der Waals surface area contributed by atoms with Crippen LogP contribution in [-0.4, -0.2) is 42.8 Å². The zero-order valence-corrected chi connectivity index (χ0v) is 12.8. The predicted molar refractivity (Wildman–Crippen MR) is 79.5 cm³/mol. The number of aliphatic hydroxyl groups excluding tert-OH is 1. The van der Waals surface area contributed by atoms with Crippen molar-refractivity contribution in [2.24, 2.45) is 5.41 Å². The summed E-state index contributed by atoms with van der Waals surface area (Å²) in [6, 6.07) is 4.91. The number of nitrogens with one attached hydrogen (secondary N) is 1. The van der Waals surface area contributed by atoms with Crippen LogP contribution in [-0.2, 0) is 0 Å². The summed E-state index contributed by atoms with van der Waals surface area (Å²) in [5.41, 5.74) is 0.519. The van der Waals surface area contributed by atoms with Gasteiger partial charge in [-0.1, -0.05) is 31.5 Å². The quantitative estimate of drug-likeness (QED) is 0.896. The molecule has 20 heavy (non-hydrogen) atoms. The first-order chi connectivity index (χ1) is 9.45. The van der Waals surface area contributed by atoms with Crippen LogP contribution in [0.5, 0.6) is 0 Å². The van der Waals surface area contributed by atoms with Gasteiger partial charge in [0.05, 0.1) is 5.02 Å². The van der Waals surface area contributed by atoms with Crippen molar-refractivity contribution in [1.82, 2.24) is 10.2 Å². The number of aliphatic hydroxyl groups is 1. The molecule has 1 aromatic rings. The van der Waals surface area contributed by atoms with Crippen molar-refractivity contribution >= 4 is 11.6 Å². The molecule has 3 nitrogen and oxygen atoms in total. The maximum absolute atomic E-state index is 13.8. The first-order valence-corrected chi connectivity index (χ1v) is 7.34. The minimum atomic E-state index is -0.405. The van der Waals surface area contributed by atoms with Gasteiger partial charge in [0.2, 0.25) is 0 Å². The molecule has 2 N–H and O–H groups in total. The molecule has 0 amide bonds. The Hall–Kier alpha value is -0.680. The molecule has 5 heteroatoms. The molecule has 112 valence electrons. The van der Waals surface area contributed by atoms with Crippen molar-refractivity contribution in [3.63, 3.8) is 0 Å². The van der Waals surface area contributed by atoms with E-state index in [2.05, 4.69) is 10.2 Å². The lowest BCUT2D eigenvalue weighted by atomic mass is 9.79. The molecule has 1 atom stereocenters. The topological polar surface area (TPSA) is 35.5 Å². The second-order valence-electron chi connectivity index (χ2n) is 6.01.